The molecule has 0 bridgehead atoms. The number of carbonyl (C=O) groups excluding carboxylic acids is 1. The third kappa shape index (κ3) is 3.48. The Morgan fingerprint density at radius 3 is 2.84 bits per heavy atom. The van der Waals surface area contributed by atoms with E-state index in [4.69, 9.17) is 0 Å². The van der Waals surface area contributed by atoms with E-state index in [9.17, 15) is 4.79 Å². The zero-order valence-corrected chi connectivity index (χ0v) is 10.8. The maximum absolute atomic E-state index is 11.3. The van der Waals surface area contributed by atoms with E-state index in [-0.39, 0.29) is 5.82 Å². The standard InChI is InChI=1S/C13H14N4O2/c1-9-3-4-10(7-15-9)8-16-11-5-6-14-12(17-11)13(18)19-2/h3-7H,8H2,1-2H3,(H,14,16,17). The number of nitrogens with one attached hydrogen (secondary N) is 1. The zero-order valence-electron chi connectivity index (χ0n) is 10.8. The minimum Gasteiger partial charge on any atom is -0.463 e. The summed E-state index contributed by atoms with van der Waals surface area (Å²) in [5.41, 5.74) is 2.00. The molecule has 2 rings (SSSR count). The third-order valence-electron chi connectivity index (χ3n) is 2.47. The van der Waals surface area contributed by atoms with Gasteiger partial charge in [-0.1, -0.05) is 6.07 Å². The van der Waals surface area contributed by atoms with Crippen LogP contribution in [0.2, 0.25) is 0 Å². The van der Waals surface area contributed by atoms with Gasteiger partial charge >= 0.3 is 5.97 Å². The molecule has 0 aliphatic heterocycles. The lowest BCUT2D eigenvalue weighted by Gasteiger charge is -2.06. The molecule has 0 aliphatic carbocycles. The number of ether oxygens (including phenoxy) is 1. The van der Waals surface area contributed by atoms with Crippen LogP contribution in [0, 0.1) is 6.92 Å². The van der Waals surface area contributed by atoms with Gasteiger partial charge in [-0.15, -0.1) is 0 Å². The van der Waals surface area contributed by atoms with E-state index in [1.54, 1.807) is 12.3 Å². The number of anilines is 1. The quantitative estimate of drug-likeness (QED) is 0.839. The normalized spacial score (nSPS) is 10.0. The fraction of sp³-hybridized carbons (Fsp3) is 0.231. The summed E-state index contributed by atoms with van der Waals surface area (Å²) in [6.45, 7) is 2.51. The van der Waals surface area contributed by atoms with Crippen molar-refractivity contribution in [3.63, 3.8) is 0 Å². The fourth-order valence-corrected chi connectivity index (χ4v) is 1.44. The molecule has 0 unspecified atom stereocenters. The number of esters is 1. The molecule has 0 amide bonds. The van der Waals surface area contributed by atoms with Crippen molar-refractivity contribution in [1.82, 2.24) is 15.0 Å². The Hall–Kier alpha value is -2.50. The smallest absolute Gasteiger partial charge is 0.376 e. The van der Waals surface area contributed by atoms with Crippen LogP contribution in [-0.4, -0.2) is 28.0 Å². The number of methoxy groups -OCH3 is 1. The lowest BCUT2D eigenvalue weighted by molar-refractivity contribution is 0.0587. The van der Waals surface area contributed by atoms with Crippen LogP contribution in [-0.2, 0) is 11.3 Å². The van der Waals surface area contributed by atoms with E-state index < -0.39 is 5.97 Å². The first-order valence-corrected chi connectivity index (χ1v) is 5.76. The summed E-state index contributed by atoms with van der Waals surface area (Å²) in [5.74, 6) is 0.0474. The summed E-state index contributed by atoms with van der Waals surface area (Å²) in [7, 11) is 1.30. The number of hydrogen-bond donors (Lipinski definition) is 1. The van der Waals surface area contributed by atoms with Gasteiger partial charge in [0.05, 0.1) is 7.11 Å². The molecule has 19 heavy (non-hydrogen) atoms. The summed E-state index contributed by atoms with van der Waals surface area (Å²) in [4.78, 5) is 23.4. The average Bonchev–Trinajstić information content (AvgIpc) is 2.46. The van der Waals surface area contributed by atoms with Crippen LogP contribution in [0.5, 0.6) is 0 Å². The first kappa shape index (κ1) is 12.9. The second kappa shape index (κ2) is 5.90. The molecule has 2 aromatic heterocycles. The Balaban J connectivity index is 2.03. The van der Waals surface area contributed by atoms with Crippen LogP contribution >= 0.6 is 0 Å². The Bertz CT molecular complexity index is 569. The molecule has 2 heterocycles. The topological polar surface area (TPSA) is 77.0 Å². The summed E-state index contributed by atoms with van der Waals surface area (Å²) in [5, 5.41) is 3.10. The number of pyridine rings is 1. The van der Waals surface area contributed by atoms with Crippen molar-refractivity contribution in [3.05, 3.63) is 47.7 Å². The first-order chi connectivity index (χ1) is 9.19. The first-order valence-electron chi connectivity index (χ1n) is 5.76. The summed E-state index contributed by atoms with van der Waals surface area (Å²) in [6, 6.07) is 5.61. The lowest BCUT2D eigenvalue weighted by atomic mass is 10.2. The van der Waals surface area contributed by atoms with E-state index in [0.29, 0.717) is 12.4 Å². The number of nitrogens with zero attached hydrogens (tertiary/aromatic N) is 3. The van der Waals surface area contributed by atoms with Gasteiger partial charge in [0.15, 0.2) is 0 Å². The molecule has 0 saturated carbocycles. The third-order valence-corrected chi connectivity index (χ3v) is 2.47. The van der Waals surface area contributed by atoms with Crippen LogP contribution in [0.1, 0.15) is 21.9 Å². The highest BCUT2D eigenvalue weighted by molar-refractivity contribution is 5.85. The van der Waals surface area contributed by atoms with Gasteiger partial charge < -0.3 is 10.1 Å². The zero-order chi connectivity index (χ0) is 13.7. The van der Waals surface area contributed by atoms with Crippen molar-refractivity contribution in [2.75, 3.05) is 12.4 Å². The van der Waals surface area contributed by atoms with Crippen LogP contribution in [0.25, 0.3) is 0 Å². The maximum atomic E-state index is 11.3. The Labute approximate surface area is 110 Å². The highest BCUT2D eigenvalue weighted by Crippen LogP contribution is 2.06. The molecule has 6 nitrogen and oxygen atoms in total. The van der Waals surface area contributed by atoms with Crippen molar-refractivity contribution >= 4 is 11.8 Å². The van der Waals surface area contributed by atoms with Crippen LogP contribution in [0.3, 0.4) is 0 Å². The molecular formula is C13H14N4O2. The lowest BCUT2D eigenvalue weighted by Crippen LogP contribution is -2.10. The van der Waals surface area contributed by atoms with Gasteiger partial charge in [0, 0.05) is 24.6 Å². The number of hydrogen-bond acceptors (Lipinski definition) is 6. The van der Waals surface area contributed by atoms with E-state index in [1.807, 2.05) is 19.1 Å². The van der Waals surface area contributed by atoms with Crippen LogP contribution < -0.4 is 5.32 Å². The molecule has 2 aromatic rings. The van der Waals surface area contributed by atoms with Gasteiger partial charge in [-0.05, 0) is 24.6 Å². The van der Waals surface area contributed by atoms with Gasteiger partial charge in [-0.25, -0.2) is 14.8 Å². The molecule has 0 spiro atoms. The van der Waals surface area contributed by atoms with E-state index in [1.165, 1.54) is 13.3 Å². The van der Waals surface area contributed by atoms with Crippen molar-refractivity contribution in [1.29, 1.82) is 0 Å². The molecule has 98 valence electrons. The predicted octanol–water partition coefficient (Wildman–Crippen LogP) is 1.58. The fourth-order valence-electron chi connectivity index (χ4n) is 1.44. The number of rotatable bonds is 4. The van der Waals surface area contributed by atoms with E-state index in [0.717, 1.165) is 11.3 Å². The number of aryl methyl sites for hydroxylation is 1. The minimum atomic E-state index is -0.555. The van der Waals surface area contributed by atoms with Crippen molar-refractivity contribution < 1.29 is 9.53 Å². The summed E-state index contributed by atoms with van der Waals surface area (Å²) < 4.78 is 4.57. The Morgan fingerprint density at radius 1 is 1.32 bits per heavy atom. The van der Waals surface area contributed by atoms with Gasteiger partial charge in [0.25, 0.3) is 0 Å². The monoisotopic (exact) mass is 258 g/mol. The molecule has 0 fully saturated rings. The second-order valence-electron chi connectivity index (χ2n) is 3.92. The van der Waals surface area contributed by atoms with E-state index in [2.05, 4.69) is 25.0 Å². The molecule has 0 saturated heterocycles. The Kier molecular flexibility index (Phi) is 4.02. The van der Waals surface area contributed by atoms with Gasteiger partial charge in [0.1, 0.15) is 5.82 Å². The van der Waals surface area contributed by atoms with Gasteiger partial charge in [-0.3, -0.25) is 4.98 Å². The molecule has 0 aromatic carbocycles. The molecule has 0 aliphatic rings. The van der Waals surface area contributed by atoms with Crippen LogP contribution in [0.4, 0.5) is 5.82 Å². The number of aromatic nitrogens is 3. The molecular weight excluding hydrogens is 244 g/mol. The van der Waals surface area contributed by atoms with Crippen molar-refractivity contribution in [2.24, 2.45) is 0 Å². The SMILES string of the molecule is COC(=O)c1nccc(NCc2ccc(C)nc2)n1. The molecule has 0 atom stereocenters. The molecule has 1 N–H and O–H groups in total. The average molecular weight is 258 g/mol. The van der Waals surface area contributed by atoms with Gasteiger partial charge in [-0.2, -0.15) is 0 Å². The van der Waals surface area contributed by atoms with Crippen LogP contribution in [0.15, 0.2) is 30.6 Å². The largest absolute Gasteiger partial charge is 0.463 e. The van der Waals surface area contributed by atoms with Gasteiger partial charge in [0.2, 0.25) is 5.82 Å². The number of carbonyl (C=O) groups is 1. The van der Waals surface area contributed by atoms with E-state index >= 15 is 0 Å². The second-order valence-corrected chi connectivity index (χ2v) is 3.92. The maximum Gasteiger partial charge on any atom is 0.376 e. The predicted molar refractivity (Wildman–Crippen MR) is 69.7 cm³/mol. The van der Waals surface area contributed by atoms with Crippen molar-refractivity contribution in [3.8, 4) is 0 Å². The molecule has 0 radical (unpaired) electrons. The molecule has 6 heteroatoms. The Morgan fingerprint density at radius 2 is 2.16 bits per heavy atom. The van der Waals surface area contributed by atoms with Crippen molar-refractivity contribution in [2.45, 2.75) is 13.5 Å². The summed E-state index contributed by atoms with van der Waals surface area (Å²) in [6.07, 6.45) is 3.31. The minimum absolute atomic E-state index is 0.0366. The highest BCUT2D eigenvalue weighted by Gasteiger charge is 2.09. The highest BCUT2D eigenvalue weighted by atomic mass is 16.5. The summed E-state index contributed by atoms with van der Waals surface area (Å²) >= 11 is 0.